The van der Waals surface area contributed by atoms with Crippen LogP contribution in [0.2, 0.25) is 5.02 Å². The Bertz CT molecular complexity index is 866. The summed E-state index contributed by atoms with van der Waals surface area (Å²) in [6.07, 6.45) is 1.65. The van der Waals surface area contributed by atoms with Crippen LogP contribution in [0, 0.1) is 0 Å². The summed E-state index contributed by atoms with van der Waals surface area (Å²) in [5.41, 5.74) is 1.02. The fraction of sp³-hybridized carbons (Fsp3) is 0. The minimum absolute atomic E-state index is 0.388. The summed E-state index contributed by atoms with van der Waals surface area (Å²) >= 11 is 12.7. The number of esters is 1. The summed E-state index contributed by atoms with van der Waals surface area (Å²) in [6.45, 7) is 0. The zero-order valence-electron chi connectivity index (χ0n) is 11.0. The number of rotatable bonds is 2. The van der Waals surface area contributed by atoms with Crippen molar-refractivity contribution in [2.45, 2.75) is 0 Å². The molecule has 2 aromatic carbocycles. The lowest BCUT2D eigenvalue weighted by atomic mass is 10.2. The van der Waals surface area contributed by atoms with E-state index in [-0.39, 0.29) is 0 Å². The van der Waals surface area contributed by atoms with Crippen LogP contribution in [0.1, 0.15) is 10.4 Å². The largest absolute Gasteiger partial charge is 0.419 e. The van der Waals surface area contributed by atoms with Gasteiger partial charge in [-0.2, -0.15) is 0 Å². The lowest BCUT2D eigenvalue weighted by Gasteiger charge is -2.10. The molecule has 0 radical (unpaired) electrons. The summed E-state index contributed by atoms with van der Waals surface area (Å²) in [7, 11) is 0. The molecule has 1 heterocycles. The number of benzene rings is 2. The van der Waals surface area contributed by atoms with Gasteiger partial charge in [-0.3, -0.25) is 4.98 Å². The van der Waals surface area contributed by atoms with Crippen molar-refractivity contribution in [3.63, 3.8) is 0 Å². The average molecular weight is 442 g/mol. The van der Waals surface area contributed by atoms with E-state index in [1.165, 1.54) is 0 Å². The van der Waals surface area contributed by atoms with Gasteiger partial charge in [0, 0.05) is 21.1 Å². The van der Waals surface area contributed by atoms with Gasteiger partial charge in [-0.05, 0) is 52.3 Å². The second-order valence-electron chi connectivity index (χ2n) is 4.47. The summed E-state index contributed by atoms with van der Waals surface area (Å²) in [5, 5.41) is 1.43. The number of pyridine rings is 1. The molecule has 0 saturated heterocycles. The molecule has 0 aliphatic heterocycles. The maximum Gasteiger partial charge on any atom is 0.343 e. The van der Waals surface area contributed by atoms with E-state index in [0.29, 0.717) is 26.3 Å². The molecule has 0 aliphatic rings. The average Bonchev–Trinajstić information content (AvgIpc) is 2.52. The van der Waals surface area contributed by atoms with Gasteiger partial charge in [0.2, 0.25) is 0 Å². The summed E-state index contributed by atoms with van der Waals surface area (Å²) in [5.74, 6) is -0.0783. The summed E-state index contributed by atoms with van der Waals surface area (Å²) < 4.78 is 7.04. The van der Waals surface area contributed by atoms with Gasteiger partial charge >= 0.3 is 5.97 Å². The zero-order chi connectivity index (χ0) is 15.7. The molecule has 0 unspecified atom stereocenters. The molecule has 3 nitrogen and oxygen atoms in total. The van der Waals surface area contributed by atoms with Crippen molar-refractivity contribution >= 4 is 60.3 Å². The van der Waals surface area contributed by atoms with E-state index >= 15 is 0 Å². The van der Waals surface area contributed by atoms with E-state index < -0.39 is 5.97 Å². The van der Waals surface area contributed by atoms with E-state index in [4.69, 9.17) is 16.3 Å². The predicted molar refractivity (Wildman–Crippen MR) is 93.6 cm³/mol. The van der Waals surface area contributed by atoms with Crippen molar-refractivity contribution in [2.24, 2.45) is 0 Å². The van der Waals surface area contributed by atoms with E-state index in [1.54, 1.807) is 30.5 Å². The highest BCUT2D eigenvalue weighted by Gasteiger charge is 2.16. The normalized spacial score (nSPS) is 10.7. The van der Waals surface area contributed by atoms with Crippen LogP contribution in [0.25, 0.3) is 10.9 Å². The first-order chi connectivity index (χ1) is 10.6. The molecule has 0 N–H and O–H groups in total. The van der Waals surface area contributed by atoms with Crippen molar-refractivity contribution in [1.29, 1.82) is 0 Å². The maximum atomic E-state index is 12.3. The third-order valence-corrected chi connectivity index (χ3v) is 4.52. The standard InChI is InChI=1S/C16H8Br2ClNO2/c17-12-8-13(18)15(14-11(12)2-1-7-20-14)22-16(21)9-3-5-10(19)6-4-9/h1-8H. The highest BCUT2D eigenvalue weighted by atomic mass is 79.9. The first kappa shape index (κ1) is 15.5. The van der Waals surface area contributed by atoms with Crippen LogP contribution in [0.3, 0.4) is 0 Å². The van der Waals surface area contributed by atoms with Crippen molar-refractivity contribution < 1.29 is 9.53 Å². The van der Waals surface area contributed by atoms with Crippen LogP contribution >= 0.6 is 43.5 Å². The molecule has 1 aromatic heterocycles. The van der Waals surface area contributed by atoms with Crippen LogP contribution in [0.4, 0.5) is 0 Å². The Morgan fingerprint density at radius 3 is 2.55 bits per heavy atom. The second kappa shape index (κ2) is 6.36. The highest BCUT2D eigenvalue weighted by molar-refractivity contribution is 9.11. The van der Waals surface area contributed by atoms with Gasteiger partial charge < -0.3 is 4.74 Å². The van der Waals surface area contributed by atoms with E-state index in [2.05, 4.69) is 36.8 Å². The van der Waals surface area contributed by atoms with Crippen LogP contribution in [0.5, 0.6) is 5.75 Å². The van der Waals surface area contributed by atoms with Gasteiger partial charge in [-0.15, -0.1) is 0 Å². The smallest absolute Gasteiger partial charge is 0.343 e. The number of carbonyl (C=O) groups excluding carboxylic acids is 1. The molecule has 3 aromatic rings. The number of fused-ring (bicyclic) bond motifs is 1. The van der Waals surface area contributed by atoms with E-state index in [9.17, 15) is 4.79 Å². The molecular formula is C16H8Br2ClNO2. The summed E-state index contributed by atoms with van der Waals surface area (Å²) in [6, 6.07) is 12.1. The molecular weight excluding hydrogens is 433 g/mol. The van der Waals surface area contributed by atoms with Crippen molar-refractivity contribution in [2.75, 3.05) is 0 Å². The number of hydrogen-bond donors (Lipinski definition) is 0. The molecule has 3 rings (SSSR count). The van der Waals surface area contributed by atoms with Gasteiger partial charge in [-0.25, -0.2) is 4.79 Å². The molecule has 0 amide bonds. The van der Waals surface area contributed by atoms with Crippen molar-refractivity contribution in [3.8, 4) is 5.75 Å². The number of carbonyl (C=O) groups is 1. The quantitative estimate of drug-likeness (QED) is 0.382. The first-order valence-corrected chi connectivity index (χ1v) is 8.23. The molecule has 0 fully saturated rings. The fourth-order valence-electron chi connectivity index (χ4n) is 1.98. The fourth-order valence-corrected chi connectivity index (χ4v) is 3.46. The molecule has 0 bridgehead atoms. The lowest BCUT2D eigenvalue weighted by molar-refractivity contribution is 0.0735. The third kappa shape index (κ3) is 3.02. The lowest BCUT2D eigenvalue weighted by Crippen LogP contribution is -2.09. The Labute approximate surface area is 148 Å². The minimum atomic E-state index is -0.466. The number of aromatic nitrogens is 1. The molecule has 110 valence electrons. The van der Waals surface area contributed by atoms with Crippen LogP contribution < -0.4 is 4.74 Å². The zero-order valence-corrected chi connectivity index (χ0v) is 14.9. The number of ether oxygens (including phenoxy) is 1. The Kier molecular flexibility index (Phi) is 4.47. The SMILES string of the molecule is O=C(Oc1c(Br)cc(Br)c2cccnc12)c1ccc(Cl)cc1. The Balaban J connectivity index is 2.03. The van der Waals surface area contributed by atoms with Crippen molar-refractivity contribution in [1.82, 2.24) is 4.98 Å². The molecule has 0 saturated carbocycles. The van der Waals surface area contributed by atoms with Gasteiger partial charge in [0.1, 0.15) is 5.52 Å². The minimum Gasteiger partial charge on any atom is -0.419 e. The Morgan fingerprint density at radius 1 is 1.09 bits per heavy atom. The van der Waals surface area contributed by atoms with Crippen LogP contribution in [0.15, 0.2) is 57.6 Å². The first-order valence-electron chi connectivity index (χ1n) is 6.27. The number of hydrogen-bond acceptors (Lipinski definition) is 3. The van der Waals surface area contributed by atoms with Crippen LogP contribution in [-0.2, 0) is 0 Å². The molecule has 6 heteroatoms. The monoisotopic (exact) mass is 439 g/mol. The predicted octanol–water partition coefficient (Wildman–Crippen LogP) is 5.63. The van der Waals surface area contributed by atoms with Crippen molar-refractivity contribution in [3.05, 3.63) is 68.2 Å². The second-order valence-corrected chi connectivity index (χ2v) is 6.61. The third-order valence-electron chi connectivity index (χ3n) is 3.03. The van der Waals surface area contributed by atoms with Gasteiger partial charge in [0.15, 0.2) is 5.75 Å². The maximum absolute atomic E-state index is 12.3. The highest BCUT2D eigenvalue weighted by Crippen LogP contribution is 2.37. The van der Waals surface area contributed by atoms with E-state index in [1.807, 2.05) is 18.2 Å². The van der Waals surface area contributed by atoms with Gasteiger partial charge in [-0.1, -0.05) is 33.6 Å². The van der Waals surface area contributed by atoms with Crippen LogP contribution in [-0.4, -0.2) is 11.0 Å². The van der Waals surface area contributed by atoms with Gasteiger partial charge in [0.25, 0.3) is 0 Å². The van der Waals surface area contributed by atoms with E-state index in [0.717, 1.165) is 9.86 Å². The topological polar surface area (TPSA) is 39.2 Å². The summed E-state index contributed by atoms with van der Waals surface area (Å²) in [4.78, 5) is 16.6. The molecule has 0 spiro atoms. The Morgan fingerprint density at radius 2 is 1.82 bits per heavy atom. The molecule has 22 heavy (non-hydrogen) atoms. The Hall–Kier alpha value is -1.43. The number of nitrogens with zero attached hydrogens (tertiary/aromatic N) is 1. The molecule has 0 aliphatic carbocycles. The molecule has 0 atom stereocenters. The van der Waals surface area contributed by atoms with Gasteiger partial charge in [0.05, 0.1) is 10.0 Å². The number of halogens is 3.